The van der Waals surface area contributed by atoms with Crippen LogP contribution in [0.5, 0.6) is 0 Å². The van der Waals surface area contributed by atoms with Gasteiger partial charge in [-0.2, -0.15) is 5.10 Å². The van der Waals surface area contributed by atoms with Crippen molar-refractivity contribution >= 4 is 16.3 Å². The van der Waals surface area contributed by atoms with Gasteiger partial charge in [0.2, 0.25) is 4.96 Å². The first-order valence-corrected chi connectivity index (χ1v) is 4.95. The first-order valence-electron chi connectivity index (χ1n) is 4.07. The van der Waals surface area contributed by atoms with E-state index < -0.39 is 0 Å². The topological polar surface area (TPSA) is 30.2 Å². The molecule has 1 aliphatic rings. The minimum atomic E-state index is 0.368. The van der Waals surface area contributed by atoms with Gasteiger partial charge in [-0.05, 0) is 12.8 Å². The molecule has 2 aromatic heterocycles. The Kier molecular flexibility index (Phi) is 1.03. The second kappa shape index (κ2) is 1.88. The molecule has 0 aromatic carbocycles. The van der Waals surface area contributed by atoms with E-state index in [1.807, 2.05) is 10.0 Å². The van der Waals surface area contributed by atoms with Crippen molar-refractivity contribution in [2.75, 3.05) is 0 Å². The highest BCUT2D eigenvalue weighted by atomic mass is 32.1. The van der Waals surface area contributed by atoms with Crippen LogP contribution in [-0.4, -0.2) is 14.6 Å². The summed E-state index contributed by atoms with van der Waals surface area (Å²) in [7, 11) is 0. The van der Waals surface area contributed by atoms with Crippen LogP contribution in [0.3, 0.4) is 0 Å². The normalized spacial score (nSPS) is 20.1. The maximum atomic E-state index is 4.53. The molecule has 3 nitrogen and oxygen atoms in total. The molecule has 2 heterocycles. The molecule has 0 unspecified atom stereocenters. The highest BCUT2D eigenvalue weighted by Crippen LogP contribution is 2.46. The molecule has 3 rings (SSSR count). The predicted molar refractivity (Wildman–Crippen MR) is 47.5 cm³/mol. The minimum absolute atomic E-state index is 0.368. The van der Waals surface area contributed by atoms with Crippen molar-refractivity contribution in [3.63, 3.8) is 0 Å². The van der Waals surface area contributed by atoms with Crippen molar-refractivity contribution in [3.05, 3.63) is 17.4 Å². The molecule has 0 saturated heterocycles. The number of hydrogen-bond donors (Lipinski definition) is 0. The standard InChI is InChI=1S/C8H9N3S/c1-8(2-3-8)6-4-11-7(10-6)12-5-9-11/h4-5H,2-3H2,1H3. The van der Waals surface area contributed by atoms with Crippen LogP contribution in [0.2, 0.25) is 0 Å². The molecule has 12 heavy (non-hydrogen) atoms. The summed E-state index contributed by atoms with van der Waals surface area (Å²) >= 11 is 1.59. The van der Waals surface area contributed by atoms with Crippen molar-refractivity contribution < 1.29 is 0 Å². The first kappa shape index (κ1) is 6.60. The SMILES string of the molecule is CC1(c2cn3ncsc3n2)CC1. The number of rotatable bonds is 1. The third-order valence-corrected chi connectivity index (χ3v) is 3.29. The lowest BCUT2D eigenvalue weighted by molar-refractivity contribution is 0.756. The summed E-state index contributed by atoms with van der Waals surface area (Å²) in [5, 5.41) is 4.15. The molecule has 2 aromatic rings. The summed E-state index contributed by atoms with van der Waals surface area (Å²) in [6, 6.07) is 0. The van der Waals surface area contributed by atoms with Gasteiger partial charge in [0, 0.05) is 5.41 Å². The zero-order valence-corrected chi connectivity index (χ0v) is 7.64. The van der Waals surface area contributed by atoms with E-state index in [-0.39, 0.29) is 0 Å². The molecule has 0 bridgehead atoms. The maximum absolute atomic E-state index is 4.53. The smallest absolute Gasteiger partial charge is 0.212 e. The fraction of sp³-hybridized carbons (Fsp3) is 0.500. The quantitative estimate of drug-likeness (QED) is 0.668. The molecule has 0 spiro atoms. The third kappa shape index (κ3) is 0.756. The number of fused-ring (bicyclic) bond motifs is 1. The van der Waals surface area contributed by atoms with Crippen molar-refractivity contribution in [2.24, 2.45) is 0 Å². The zero-order chi connectivity index (χ0) is 8.18. The largest absolute Gasteiger partial charge is 0.222 e. The van der Waals surface area contributed by atoms with Crippen LogP contribution in [-0.2, 0) is 5.41 Å². The average Bonchev–Trinajstić information content (AvgIpc) is 2.50. The molecule has 0 aliphatic heterocycles. The lowest BCUT2D eigenvalue weighted by Crippen LogP contribution is -1.99. The Hall–Kier alpha value is -0.900. The van der Waals surface area contributed by atoms with Gasteiger partial charge in [-0.1, -0.05) is 18.3 Å². The molecule has 0 radical (unpaired) electrons. The summed E-state index contributed by atoms with van der Waals surface area (Å²) in [5.41, 5.74) is 3.40. The molecular formula is C8H9N3S. The van der Waals surface area contributed by atoms with Crippen LogP contribution >= 0.6 is 11.3 Å². The van der Waals surface area contributed by atoms with Crippen molar-refractivity contribution in [1.29, 1.82) is 0 Å². The van der Waals surface area contributed by atoms with Crippen LogP contribution < -0.4 is 0 Å². The van der Waals surface area contributed by atoms with Gasteiger partial charge in [-0.15, -0.1) is 0 Å². The molecule has 1 aliphatic carbocycles. The Balaban J connectivity index is 2.21. The summed E-state index contributed by atoms with van der Waals surface area (Å²) in [5.74, 6) is 0. The van der Waals surface area contributed by atoms with E-state index in [4.69, 9.17) is 0 Å². The Morgan fingerprint density at radius 1 is 1.58 bits per heavy atom. The fourth-order valence-corrected chi connectivity index (χ4v) is 1.98. The minimum Gasteiger partial charge on any atom is -0.222 e. The summed E-state index contributed by atoms with van der Waals surface area (Å²) < 4.78 is 1.86. The van der Waals surface area contributed by atoms with Gasteiger partial charge in [0.25, 0.3) is 0 Å². The predicted octanol–water partition coefficient (Wildman–Crippen LogP) is 1.84. The Morgan fingerprint density at radius 3 is 3.08 bits per heavy atom. The first-order chi connectivity index (χ1) is 5.78. The molecule has 0 atom stereocenters. The van der Waals surface area contributed by atoms with Crippen molar-refractivity contribution in [1.82, 2.24) is 14.6 Å². The summed E-state index contributed by atoms with van der Waals surface area (Å²) in [6.07, 6.45) is 4.61. The molecule has 1 saturated carbocycles. The molecular weight excluding hydrogens is 170 g/mol. The lowest BCUT2D eigenvalue weighted by Gasteiger charge is -1.99. The highest BCUT2D eigenvalue weighted by Gasteiger charge is 2.41. The van der Waals surface area contributed by atoms with Gasteiger partial charge < -0.3 is 0 Å². The van der Waals surface area contributed by atoms with Crippen LogP contribution in [0.25, 0.3) is 4.96 Å². The van der Waals surface area contributed by atoms with Gasteiger partial charge in [0.1, 0.15) is 5.51 Å². The Bertz CT molecular complexity index is 396. The van der Waals surface area contributed by atoms with E-state index in [1.165, 1.54) is 18.5 Å². The van der Waals surface area contributed by atoms with E-state index in [9.17, 15) is 0 Å². The molecule has 4 heteroatoms. The highest BCUT2D eigenvalue weighted by molar-refractivity contribution is 7.14. The van der Waals surface area contributed by atoms with E-state index in [0.29, 0.717) is 5.41 Å². The van der Waals surface area contributed by atoms with Crippen LogP contribution in [0.1, 0.15) is 25.5 Å². The van der Waals surface area contributed by atoms with Crippen molar-refractivity contribution in [2.45, 2.75) is 25.2 Å². The maximum Gasteiger partial charge on any atom is 0.212 e. The second-order valence-corrected chi connectivity index (χ2v) is 4.46. The Morgan fingerprint density at radius 2 is 2.42 bits per heavy atom. The molecule has 0 N–H and O–H groups in total. The van der Waals surface area contributed by atoms with E-state index in [1.54, 1.807) is 11.3 Å². The van der Waals surface area contributed by atoms with Crippen LogP contribution in [0.4, 0.5) is 0 Å². The van der Waals surface area contributed by atoms with Crippen LogP contribution in [0, 0.1) is 0 Å². The van der Waals surface area contributed by atoms with E-state index >= 15 is 0 Å². The molecule has 62 valence electrons. The molecule has 0 amide bonds. The summed E-state index contributed by atoms with van der Waals surface area (Å²) in [4.78, 5) is 5.54. The van der Waals surface area contributed by atoms with E-state index in [0.717, 1.165) is 4.96 Å². The van der Waals surface area contributed by atoms with Crippen LogP contribution in [0.15, 0.2) is 11.7 Å². The van der Waals surface area contributed by atoms with Gasteiger partial charge >= 0.3 is 0 Å². The van der Waals surface area contributed by atoms with Gasteiger partial charge in [-0.25, -0.2) is 9.50 Å². The monoisotopic (exact) mass is 179 g/mol. The third-order valence-electron chi connectivity index (χ3n) is 2.60. The van der Waals surface area contributed by atoms with Gasteiger partial charge in [-0.3, -0.25) is 0 Å². The Labute approximate surface area is 74.1 Å². The van der Waals surface area contributed by atoms with Crippen molar-refractivity contribution in [3.8, 4) is 0 Å². The van der Waals surface area contributed by atoms with E-state index in [2.05, 4.69) is 23.2 Å². The zero-order valence-electron chi connectivity index (χ0n) is 6.82. The average molecular weight is 179 g/mol. The molecule has 1 fully saturated rings. The fourth-order valence-electron chi connectivity index (χ4n) is 1.37. The number of aromatic nitrogens is 3. The number of hydrogen-bond acceptors (Lipinski definition) is 3. The van der Waals surface area contributed by atoms with Gasteiger partial charge in [0.05, 0.1) is 11.9 Å². The van der Waals surface area contributed by atoms with Gasteiger partial charge in [0.15, 0.2) is 0 Å². The lowest BCUT2D eigenvalue weighted by atomic mass is 10.1. The summed E-state index contributed by atoms with van der Waals surface area (Å²) in [6.45, 7) is 2.26. The second-order valence-electron chi connectivity index (χ2n) is 3.65. The number of nitrogens with zero attached hydrogens (tertiary/aromatic N) is 3. The number of imidazole rings is 1.